The number of unbranched alkanes of at least 4 members (excludes halogenated alkanes) is 1. The molecule has 1 fully saturated rings. The molecule has 1 heterocycles. The van der Waals surface area contributed by atoms with Crippen molar-refractivity contribution in [1.82, 2.24) is 0 Å². The summed E-state index contributed by atoms with van der Waals surface area (Å²) >= 11 is 0. The van der Waals surface area contributed by atoms with E-state index in [1.165, 1.54) is 36.0 Å². The van der Waals surface area contributed by atoms with Gasteiger partial charge in [-0.1, -0.05) is 43.7 Å². The number of hydrogen-bond acceptors (Lipinski definition) is 1. The first kappa shape index (κ1) is 16.7. The highest BCUT2D eigenvalue weighted by Crippen LogP contribution is 2.21. The average Bonchev–Trinajstić information content (AvgIpc) is 2.38. The van der Waals surface area contributed by atoms with Crippen LogP contribution in [0.3, 0.4) is 0 Å². The maximum Gasteiger partial charge on any atom is 0.105 e. The standard InChI is InChI=1S/C16H26NO.BrH/c1-3-4-10-17(11-12-18-15(2)13-17)14-16-8-6-5-7-9-16;/h5-9,15H,3-4,10-14H2,1-2H3;1H/q+1;/p-1. The van der Waals surface area contributed by atoms with Crippen LogP contribution >= 0.6 is 0 Å². The van der Waals surface area contributed by atoms with Crippen molar-refractivity contribution in [3.63, 3.8) is 0 Å². The van der Waals surface area contributed by atoms with Crippen molar-refractivity contribution in [2.75, 3.05) is 26.2 Å². The second kappa shape index (κ2) is 8.03. The van der Waals surface area contributed by atoms with E-state index in [1.54, 1.807) is 0 Å². The van der Waals surface area contributed by atoms with Crippen LogP contribution in [0.25, 0.3) is 0 Å². The fraction of sp³-hybridized carbons (Fsp3) is 0.625. The molecule has 0 N–H and O–H groups in total. The normalized spacial score (nSPS) is 26.7. The lowest BCUT2D eigenvalue weighted by Gasteiger charge is -2.43. The van der Waals surface area contributed by atoms with Gasteiger partial charge in [0.1, 0.15) is 25.7 Å². The van der Waals surface area contributed by atoms with E-state index >= 15 is 0 Å². The van der Waals surface area contributed by atoms with E-state index in [2.05, 4.69) is 44.2 Å². The summed E-state index contributed by atoms with van der Waals surface area (Å²) in [7, 11) is 0. The molecule has 1 aliphatic heterocycles. The van der Waals surface area contributed by atoms with Gasteiger partial charge in [-0.25, -0.2) is 0 Å². The van der Waals surface area contributed by atoms with Crippen LogP contribution in [0.5, 0.6) is 0 Å². The van der Waals surface area contributed by atoms with Gasteiger partial charge in [0.25, 0.3) is 0 Å². The lowest BCUT2D eigenvalue weighted by atomic mass is 10.1. The number of ether oxygens (including phenoxy) is 1. The minimum absolute atomic E-state index is 0. The lowest BCUT2D eigenvalue weighted by Crippen LogP contribution is -3.00. The Morgan fingerprint density at radius 2 is 2.00 bits per heavy atom. The number of nitrogens with zero attached hydrogens (tertiary/aromatic N) is 1. The summed E-state index contributed by atoms with van der Waals surface area (Å²) in [5.41, 5.74) is 1.46. The third-order valence-corrected chi connectivity index (χ3v) is 3.96. The molecule has 1 aliphatic rings. The maximum atomic E-state index is 5.74. The highest BCUT2D eigenvalue weighted by molar-refractivity contribution is 5.13. The highest BCUT2D eigenvalue weighted by Gasteiger charge is 2.33. The average molecular weight is 328 g/mol. The molecule has 19 heavy (non-hydrogen) atoms. The van der Waals surface area contributed by atoms with Gasteiger partial charge in [-0.15, -0.1) is 0 Å². The van der Waals surface area contributed by atoms with Gasteiger partial charge < -0.3 is 26.2 Å². The van der Waals surface area contributed by atoms with Crippen LogP contribution in [0.4, 0.5) is 0 Å². The molecule has 0 aromatic heterocycles. The molecule has 0 radical (unpaired) electrons. The van der Waals surface area contributed by atoms with Gasteiger partial charge in [0.15, 0.2) is 0 Å². The number of rotatable bonds is 5. The van der Waals surface area contributed by atoms with Crippen molar-refractivity contribution < 1.29 is 26.2 Å². The maximum absolute atomic E-state index is 5.74. The molecule has 0 amide bonds. The summed E-state index contributed by atoms with van der Waals surface area (Å²) in [6.07, 6.45) is 3.00. The Hall–Kier alpha value is -0.380. The van der Waals surface area contributed by atoms with Crippen LogP contribution in [0.2, 0.25) is 0 Å². The molecular formula is C16H26BrNO. The first-order valence-electron chi connectivity index (χ1n) is 7.25. The van der Waals surface area contributed by atoms with Crippen molar-refractivity contribution in [2.45, 2.75) is 39.3 Å². The van der Waals surface area contributed by atoms with Crippen LogP contribution in [0.15, 0.2) is 30.3 Å². The van der Waals surface area contributed by atoms with E-state index in [0.29, 0.717) is 6.10 Å². The molecule has 0 spiro atoms. The number of benzene rings is 1. The fourth-order valence-corrected chi connectivity index (χ4v) is 3.03. The molecule has 2 nitrogen and oxygen atoms in total. The zero-order chi connectivity index (χ0) is 12.8. The minimum atomic E-state index is 0. The first-order valence-corrected chi connectivity index (χ1v) is 7.25. The molecule has 2 rings (SSSR count). The van der Waals surface area contributed by atoms with Crippen molar-refractivity contribution in [3.8, 4) is 0 Å². The fourth-order valence-electron chi connectivity index (χ4n) is 3.03. The molecule has 108 valence electrons. The van der Waals surface area contributed by atoms with Gasteiger partial charge in [0.2, 0.25) is 0 Å². The Morgan fingerprint density at radius 3 is 2.63 bits per heavy atom. The molecule has 2 unspecified atom stereocenters. The number of quaternary nitrogens is 1. The Kier molecular flexibility index (Phi) is 7.05. The van der Waals surface area contributed by atoms with Crippen molar-refractivity contribution >= 4 is 0 Å². The van der Waals surface area contributed by atoms with E-state index < -0.39 is 0 Å². The van der Waals surface area contributed by atoms with E-state index in [0.717, 1.165) is 19.7 Å². The third kappa shape index (κ3) is 4.90. The summed E-state index contributed by atoms with van der Waals surface area (Å²) in [4.78, 5) is 0. The first-order chi connectivity index (χ1) is 8.74. The summed E-state index contributed by atoms with van der Waals surface area (Å²) in [5, 5.41) is 0. The van der Waals surface area contributed by atoms with E-state index in [1.807, 2.05) is 0 Å². The number of morpholine rings is 1. The minimum Gasteiger partial charge on any atom is -1.00 e. The number of hydrogen-bond donors (Lipinski definition) is 0. The lowest BCUT2D eigenvalue weighted by molar-refractivity contribution is -0.950. The van der Waals surface area contributed by atoms with Crippen LogP contribution in [0, 0.1) is 0 Å². The summed E-state index contributed by atoms with van der Waals surface area (Å²) in [6, 6.07) is 10.9. The molecule has 1 aromatic rings. The van der Waals surface area contributed by atoms with Gasteiger partial charge in [-0.2, -0.15) is 0 Å². The van der Waals surface area contributed by atoms with E-state index in [4.69, 9.17) is 4.74 Å². The molecule has 1 saturated heterocycles. The molecule has 3 heteroatoms. The molecule has 2 atom stereocenters. The molecule has 0 saturated carbocycles. The van der Waals surface area contributed by atoms with Gasteiger partial charge >= 0.3 is 0 Å². The monoisotopic (exact) mass is 327 g/mol. The quantitative estimate of drug-likeness (QED) is 0.703. The largest absolute Gasteiger partial charge is 1.00 e. The molecule has 0 aliphatic carbocycles. The van der Waals surface area contributed by atoms with Gasteiger partial charge in [-0.05, 0) is 13.3 Å². The molecular weight excluding hydrogens is 302 g/mol. The second-order valence-corrected chi connectivity index (χ2v) is 5.65. The van der Waals surface area contributed by atoms with E-state index in [-0.39, 0.29) is 17.0 Å². The highest BCUT2D eigenvalue weighted by atomic mass is 79.9. The Morgan fingerprint density at radius 1 is 1.26 bits per heavy atom. The smallest absolute Gasteiger partial charge is 0.105 e. The van der Waals surface area contributed by atoms with Gasteiger partial charge in [-0.3, -0.25) is 0 Å². The Balaban J connectivity index is 0.00000180. The molecule has 0 bridgehead atoms. The van der Waals surface area contributed by atoms with Gasteiger partial charge in [0, 0.05) is 5.56 Å². The Bertz CT molecular complexity index is 357. The predicted molar refractivity (Wildman–Crippen MR) is 75.3 cm³/mol. The van der Waals surface area contributed by atoms with Crippen LogP contribution in [-0.2, 0) is 11.3 Å². The summed E-state index contributed by atoms with van der Waals surface area (Å²) < 4.78 is 6.94. The third-order valence-electron chi connectivity index (χ3n) is 3.96. The Labute approximate surface area is 128 Å². The van der Waals surface area contributed by atoms with E-state index in [9.17, 15) is 0 Å². The van der Waals surface area contributed by atoms with Crippen molar-refractivity contribution in [2.24, 2.45) is 0 Å². The zero-order valence-corrected chi connectivity index (χ0v) is 13.7. The zero-order valence-electron chi connectivity index (χ0n) is 12.1. The molecule has 1 aromatic carbocycles. The SMILES string of the molecule is CCCC[N+]1(Cc2ccccc2)CCOC(C)C1.[Br-]. The van der Waals surface area contributed by atoms with Crippen LogP contribution < -0.4 is 17.0 Å². The van der Waals surface area contributed by atoms with Crippen molar-refractivity contribution in [3.05, 3.63) is 35.9 Å². The van der Waals surface area contributed by atoms with Crippen LogP contribution in [0.1, 0.15) is 32.3 Å². The topological polar surface area (TPSA) is 9.23 Å². The summed E-state index contributed by atoms with van der Waals surface area (Å²) in [6.45, 7) is 10.2. The second-order valence-electron chi connectivity index (χ2n) is 5.65. The predicted octanol–water partition coefficient (Wildman–Crippen LogP) is 0.226. The van der Waals surface area contributed by atoms with Crippen molar-refractivity contribution in [1.29, 1.82) is 0 Å². The number of halogens is 1. The summed E-state index contributed by atoms with van der Waals surface area (Å²) in [5.74, 6) is 0. The van der Waals surface area contributed by atoms with Gasteiger partial charge in [0.05, 0.1) is 13.2 Å². The van der Waals surface area contributed by atoms with Crippen LogP contribution in [-0.4, -0.2) is 36.8 Å².